The van der Waals surface area contributed by atoms with Gasteiger partial charge in [0.25, 0.3) is 0 Å². The van der Waals surface area contributed by atoms with E-state index in [2.05, 4.69) is 10.6 Å². The number of likely N-dealkylation sites (N-methyl/N-ethyl adjacent to an activating group) is 1. The molecule has 4 aliphatic carbocycles. The van der Waals surface area contributed by atoms with Gasteiger partial charge in [0, 0.05) is 14.0 Å². The summed E-state index contributed by atoms with van der Waals surface area (Å²) in [7, 11) is 1.68. The number of carbonyl (C=O) groups is 2. The Bertz CT molecular complexity index is 363. The zero-order valence-electron chi connectivity index (χ0n) is 11.2. The molecule has 0 heterocycles. The molecule has 2 N–H and O–H groups in total. The highest BCUT2D eigenvalue weighted by molar-refractivity contribution is 5.91. The molecule has 4 rings (SSSR count). The Morgan fingerprint density at radius 1 is 1.00 bits per heavy atom. The Hall–Kier alpha value is -1.06. The van der Waals surface area contributed by atoms with Gasteiger partial charge < -0.3 is 10.6 Å². The molecule has 0 aromatic rings. The minimum absolute atomic E-state index is 0.0199. The summed E-state index contributed by atoms with van der Waals surface area (Å²) in [6.07, 6.45) is 5.79. The second kappa shape index (κ2) is 3.97. The molecule has 4 aliphatic rings. The first-order valence-corrected chi connectivity index (χ1v) is 7.07. The number of nitrogens with one attached hydrogen (secondary N) is 2. The van der Waals surface area contributed by atoms with Crippen molar-refractivity contribution < 1.29 is 9.59 Å². The smallest absolute Gasteiger partial charge is 0.246 e. The van der Waals surface area contributed by atoms with E-state index in [0.717, 1.165) is 37.5 Å². The Morgan fingerprint density at radius 2 is 1.50 bits per heavy atom. The van der Waals surface area contributed by atoms with Gasteiger partial charge in [-0.3, -0.25) is 9.59 Å². The van der Waals surface area contributed by atoms with E-state index in [4.69, 9.17) is 0 Å². The van der Waals surface area contributed by atoms with Crippen LogP contribution in [0.15, 0.2) is 0 Å². The number of hydrogen-bond acceptors (Lipinski definition) is 2. The molecule has 0 saturated heterocycles. The first-order chi connectivity index (χ1) is 8.56. The molecule has 0 unspecified atom stereocenters. The normalized spacial score (nSPS) is 44.8. The lowest BCUT2D eigenvalue weighted by atomic mass is 9.48. The first kappa shape index (κ1) is 12.0. The van der Waals surface area contributed by atoms with Crippen molar-refractivity contribution >= 4 is 11.8 Å². The third kappa shape index (κ3) is 1.50. The zero-order valence-corrected chi connectivity index (χ0v) is 11.2. The molecule has 0 aromatic carbocycles. The highest BCUT2D eigenvalue weighted by Gasteiger charge is 2.61. The molecule has 4 bridgehead atoms. The van der Waals surface area contributed by atoms with E-state index in [1.165, 1.54) is 13.3 Å². The quantitative estimate of drug-likeness (QED) is 0.770. The molecule has 4 fully saturated rings. The van der Waals surface area contributed by atoms with Crippen molar-refractivity contribution in [2.45, 2.75) is 44.6 Å². The van der Waals surface area contributed by atoms with Crippen molar-refractivity contribution in [3.63, 3.8) is 0 Å². The first-order valence-electron chi connectivity index (χ1n) is 7.07. The summed E-state index contributed by atoms with van der Waals surface area (Å²) in [4.78, 5) is 24.0. The lowest BCUT2D eigenvalue weighted by molar-refractivity contribution is -0.151. The van der Waals surface area contributed by atoms with Crippen LogP contribution in [0.2, 0.25) is 0 Å². The molecular formula is C14H22N2O2. The Labute approximate surface area is 108 Å². The van der Waals surface area contributed by atoms with Gasteiger partial charge in [0.05, 0.1) is 0 Å². The van der Waals surface area contributed by atoms with E-state index in [0.29, 0.717) is 11.8 Å². The van der Waals surface area contributed by atoms with Crippen LogP contribution in [0.5, 0.6) is 0 Å². The van der Waals surface area contributed by atoms with Gasteiger partial charge in [0.2, 0.25) is 11.8 Å². The number of rotatable bonds is 2. The van der Waals surface area contributed by atoms with Gasteiger partial charge in [-0.15, -0.1) is 0 Å². The van der Waals surface area contributed by atoms with Gasteiger partial charge in [-0.1, -0.05) is 0 Å². The summed E-state index contributed by atoms with van der Waals surface area (Å²) in [5.41, 5.74) is -0.617. The number of amides is 2. The van der Waals surface area contributed by atoms with Crippen molar-refractivity contribution in [3.05, 3.63) is 0 Å². The van der Waals surface area contributed by atoms with E-state index in [9.17, 15) is 9.59 Å². The maximum absolute atomic E-state index is 12.4. The van der Waals surface area contributed by atoms with Gasteiger partial charge >= 0.3 is 0 Å². The van der Waals surface area contributed by atoms with Crippen LogP contribution in [-0.4, -0.2) is 24.4 Å². The summed E-state index contributed by atoms with van der Waals surface area (Å²) in [5.74, 6) is 2.21. The standard InChI is InChI=1S/C14H22N2O2/c1-8(17)16-14(13(18)15-2)11-4-9-3-10(6-11)7-12(14)5-9/h9-12H,3-7H2,1-2H3,(H,15,18)(H,16,17). The highest BCUT2D eigenvalue weighted by atomic mass is 16.2. The van der Waals surface area contributed by atoms with Crippen molar-refractivity contribution in [1.82, 2.24) is 10.6 Å². The van der Waals surface area contributed by atoms with Crippen LogP contribution in [0.25, 0.3) is 0 Å². The van der Waals surface area contributed by atoms with Gasteiger partial charge in [-0.25, -0.2) is 0 Å². The molecule has 0 aliphatic heterocycles. The maximum atomic E-state index is 12.4. The molecular weight excluding hydrogens is 228 g/mol. The van der Waals surface area contributed by atoms with Crippen LogP contribution in [0.3, 0.4) is 0 Å². The molecule has 2 amide bonds. The van der Waals surface area contributed by atoms with Crippen molar-refractivity contribution in [1.29, 1.82) is 0 Å². The minimum Gasteiger partial charge on any atom is -0.357 e. The Morgan fingerprint density at radius 3 is 1.89 bits per heavy atom. The van der Waals surface area contributed by atoms with Crippen molar-refractivity contribution in [2.24, 2.45) is 23.7 Å². The summed E-state index contributed by atoms with van der Waals surface area (Å²) in [6, 6.07) is 0. The third-order valence-electron chi connectivity index (χ3n) is 5.41. The van der Waals surface area contributed by atoms with Gasteiger partial charge in [-0.05, 0) is 55.8 Å². The molecule has 0 aromatic heterocycles. The fraction of sp³-hybridized carbons (Fsp3) is 0.857. The van der Waals surface area contributed by atoms with Gasteiger partial charge in [0.1, 0.15) is 5.54 Å². The van der Waals surface area contributed by atoms with Crippen LogP contribution >= 0.6 is 0 Å². The summed E-state index contributed by atoms with van der Waals surface area (Å²) >= 11 is 0. The summed E-state index contributed by atoms with van der Waals surface area (Å²) in [6.45, 7) is 1.52. The monoisotopic (exact) mass is 250 g/mol. The van der Waals surface area contributed by atoms with E-state index in [1.54, 1.807) is 7.05 Å². The lowest BCUT2D eigenvalue weighted by Gasteiger charge is -2.60. The van der Waals surface area contributed by atoms with Crippen LogP contribution in [-0.2, 0) is 9.59 Å². The van der Waals surface area contributed by atoms with E-state index in [-0.39, 0.29) is 11.8 Å². The van der Waals surface area contributed by atoms with Gasteiger partial charge in [0.15, 0.2) is 0 Å². The molecule has 18 heavy (non-hydrogen) atoms. The largest absolute Gasteiger partial charge is 0.357 e. The molecule has 100 valence electrons. The van der Waals surface area contributed by atoms with E-state index < -0.39 is 5.54 Å². The molecule has 4 nitrogen and oxygen atoms in total. The predicted molar refractivity (Wildman–Crippen MR) is 67.7 cm³/mol. The van der Waals surface area contributed by atoms with Crippen LogP contribution in [0.1, 0.15) is 39.0 Å². The lowest BCUT2D eigenvalue weighted by Crippen LogP contribution is -2.71. The van der Waals surface area contributed by atoms with E-state index in [1.807, 2.05) is 0 Å². The zero-order chi connectivity index (χ0) is 12.9. The molecule has 0 spiro atoms. The Balaban J connectivity index is 1.98. The number of hydrogen-bond donors (Lipinski definition) is 2. The van der Waals surface area contributed by atoms with Crippen molar-refractivity contribution in [2.75, 3.05) is 7.05 Å². The average Bonchev–Trinajstić information content (AvgIpc) is 2.31. The van der Waals surface area contributed by atoms with Crippen LogP contribution < -0.4 is 10.6 Å². The van der Waals surface area contributed by atoms with E-state index >= 15 is 0 Å². The second-order valence-electron chi connectivity index (χ2n) is 6.43. The predicted octanol–water partition coefficient (Wildman–Crippen LogP) is 1.06. The minimum atomic E-state index is -0.617. The van der Waals surface area contributed by atoms with Crippen LogP contribution in [0, 0.1) is 23.7 Å². The topological polar surface area (TPSA) is 58.2 Å². The SMILES string of the molecule is CNC(=O)C1(NC(C)=O)C2CC3CC(C2)CC1C3. The second-order valence-corrected chi connectivity index (χ2v) is 6.43. The third-order valence-corrected chi connectivity index (χ3v) is 5.41. The van der Waals surface area contributed by atoms with Crippen LogP contribution in [0.4, 0.5) is 0 Å². The molecule has 0 radical (unpaired) electrons. The molecule has 4 saturated carbocycles. The number of carbonyl (C=O) groups excluding carboxylic acids is 2. The average molecular weight is 250 g/mol. The Kier molecular flexibility index (Phi) is 2.65. The molecule has 0 atom stereocenters. The molecule has 4 heteroatoms. The van der Waals surface area contributed by atoms with Crippen molar-refractivity contribution in [3.8, 4) is 0 Å². The maximum Gasteiger partial charge on any atom is 0.246 e. The highest BCUT2D eigenvalue weighted by Crippen LogP contribution is 2.58. The summed E-state index contributed by atoms with van der Waals surface area (Å²) in [5, 5.41) is 5.82. The summed E-state index contributed by atoms with van der Waals surface area (Å²) < 4.78 is 0. The fourth-order valence-corrected chi connectivity index (χ4v) is 5.06. The van der Waals surface area contributed by atoms with Gasteiger partial charge in [-0.2, -0.15) is 0 Å². The fourth-order valence-electron chi connectivity index (χ4n) is 5.06.